The van der Waals surface area contributed by atoms with Gasteiger partial charge in [0.15, 0.2) is 0 Å². The summed E-state index contributed by atoms with van der Waals surface area (Å²) in [5, 5.41) is 3.93. The molecule has 5 nitrogen and oxygen atoms in total. The average Bonchev–Trinajstić information content (AvgIpc) is 2.67. The first-order valence-corrected chi connectivity index (χ1v) is 6.90. The van der Waals surface area contributed by atoms with Gasteiger partial charge in [-0.2, -0.15) is 0 Å². The van der Waals surface area contributed by atoms with Crippen LogP contribution < -0.4 is 5.73 Å². The summed E-state index contributed by atoms with van der Waals surface area (Å²) in [6.45, 7) is 8.47. The summed E-state index contributed by atoms with van der Waals surface area (Å²) in [5.74, 6) is 0.677. The molecule has 1 aromatic rings. The van der Waals surface area contributed by atoms with E-state index in [1.54, 1.807) is 0 Å². The number of carbonyl (C=O) groups is 1. The minimum atomic E-state index is -0.206. The van der Waals surface area contributed by atoms with Gasteiger partial charge in [-0.25, -0.2) is 0 Å². The third-order valence-electron chi connectivity index (χ3n) is 4.09. The average molecular weight is 265 g/mol. The Hall–Kier alpha value is -1.36. The molecule has 0 aliphatic carbocycles. The largest absolute Gasteiger partial charge is 0.361 e. The molecule has 1 aromatic heterocycles. The second kappa shape index (κ2) is 5.33. The summed E-state index contributed by atoms with van der Waals surface area (Å²) < 4.78 is 5.16. The van der Waals surface area contributed by atoms with Gasteiger partial charge >= 0.3 is 0 Å². The van der Waals surface area contributed by atoms with Gasteiger partial charge in [-0.3, -0.25) is 4.79 Å². The molecule has 0 saturated carbocycles. The van der Waals surface area contributed by atoms with Gasteiger partial charge in [-0.05, 0) is 40.5 Å². The Balaban J connectivity index is 2.16. The normalized spacial score (nSPS) is 25.4. The fraction of sp³-hybridized carbons (Fsp3) is 0.714. The van der Waals surface area contributed by atoms with Crippen LogP contribution in [-0.2, 0) is 4.79 Å². The van der Waals surface area contributed by atoms with E-state index in [1.165, 1.54) is 0 Å². The van der Waals surface area contributed by atoms with E-state index < -0.39 is 0 Å². The summed E-state index contributed by atoms with van der Waals surface area (Å²) in [4.78, 5) is 14.6. The summed E-state index contributed by atoms with van der Waals surface area (Å²) >= 11 is 0. The summed E-state index contributed by atoms with van der Waals surface area (Å²) in [7, 11) is 0. The molecule has 0 unspecified atom stereocenters. The van der Waals surface area contributed by atoms with E-state index >= 15 is 0 Å². The van der Waals surface area contributed by atoms with Gasteiger partial charge in [0.2, 0.25) is 5.91 Å². The van der Waals surface area contributed by atoms with Crippen LogP contribution in [0.3, 0.4) is 0 Å². The van der Waals surface area contributed by atoms with Crippen molar-refractivity contribution in [1.29, 1.82) is 0 Å². The molecular weight excluding hydrogens is 242 g/mol. The Morgan fingerprint density at radius 3 is 2.74 bits per heavy atom. The van der Waals surface area contributed by atoms with Gasteiger partial charge in [0.1, 0.15) is 5.76 Å². The van der Waals surface area contributed by atoms with Crippen molar-refractivity contribution in [3.05, 3.63) is 17.0 Å². The van der Waals surface area contributed by atoms with Gasteiger partial charge in [0.25, 0.3) is 0 Å². The van der Waals surface area contributed by atoms with E-state index in [0.29, 0.717) is 0 Å². The molecule has 0 bridgehead atoms. The zero-order chi connectivity index (χ0) is 14.2. The smallest absolute Gasteiger partial charge is 0.230 e. The molecule has 106 valence electrons. The minimum absolute atomic E-state index is 0.147. The van der Waals surface area contributed by atoms with Crippen LogP contribution in [0.4, 0.5) is 0 Å². The molecule has 1 aliphatic heterocycles. The standard InChI is InChI=1S/C14H23N3O2/c1-8-7-12(15)5-6-17(8)14(18)9(2)13-10(3)16-19-11(13)4/h8-9,12H,5-7,15H2,1-4H3/t8-,9+,12+/m1/s1. The summed E-state index contributed by atoms with van der Waals surface area (Å²) in [6.07, 6.45) is 1.75. The van der Waals surface area contributed by atoms with Crippen LogP contribution in [0, 0.1) is 13.8 Å². The SMILES string of the molecule is Cc1noc(C)c1[C@H](C)C(=O)N1CC[C@H](N)C[C@H]1C. The number of piperidine rings is 1. The second-order valence-corrected chi connectivity index (χ2v) is 5.62. The van der Waals surface area contributed by atoms with E-state index in [9.17, 15) is 4.79 Å². The van der Waals surface area contributed by atoms with Crippen molar-refractivity contribution in [1.82, 2.24) is 10.1 Å². The van der Waals surface area contributed by atoms with Crippen LogP contribution in [-0.4, -0.2) is 34.6 Å². The first-order valence-electron chi connectivity index (χ1n) is 6.90. The molecule has 0 radical (unpaired) electrons. The quantitative estimate of drug-likeness (QED) is 0.884. The first-order chi connectivity index (χ1) is 8.91. The van der Waals surface area contributed by atoms with Gasteiger partial charge in [0.05, 0.1) is 11.6 Å². The summed E-state index contributed by atoms with van der Waals surface area (Å²) in [6, 6.07) is 0.424. The van der Waals surface area contributed by atoms with E-state index in [4.69, 9.17) is 10.3 Å². The molecule has 1 aliphatic rings. The lowest BCUT2D eigenvalue weighted by molar-refractivity contribution is -0.135. The number of carbonyl (C=O) groups excluding carboxylic acids is 1. The van der Waals surface area contributed by atoms with E-state index in [0.717, 1.165) is 36.4 Å². The number of hydrogen-bond donors (Lipinski definition) is 1. The number of hydrogen-bond acceptors (Lipinski definition) is 4. The number of rotatable bonds is 2. The third kappa shape index (κ3) is 2.66. The molecule has 2 N–H and O–H groups in total. The predicted molar refractivity (Wildman–Crippen MR) is 72.8 cm³/mol. The topological polar surface area (TPSA) is 72.4 Å². The van der Waals surface area contributed by atoms with Crippen molar-refractivity contribution >= 4 is 5.91 Å². The molecule has 3 atom stereocenters. The van der Waals surface area contributed by atoms with Crippen LogP contribution in [0.1, 0.15) is 49.6 Å². The van der Waals surface area contributed by atoms with Crippen LogP contribution in [0.25, 0.3) is 0 Å². The Morgan fingerprint density at radius 1 is 1.53 bits per heavy atom. The van der Waals surface area contributed by atoms with Crippen molar-refractivity contribution in [2.45, 2.75) is 58.5 Å². The van der Waals surface area contributed by atoms with Gasteiger partial charge in [-0.1, -0.05) is 5.16 Å². The van der Waals surface area contributed by atoms with E-state index in [-0.39, 0.29) is 23.9 Å². The maximum Gasteiger partial charge on any atom is 0.230 e. The minimum Gasteiger partial charge on any atom is -0.361 e. The zero-order valence-corrected chi connectivity index (χ0v) is 12.1. The Morgan fingerprint density at radius 2 is 2.21 bits per heavy atom. The Kier molecular flexibility index (Phi) is 3.94. The Bertz CT molecular complexity index is 450. The molecule has 1 fully saturated rings. The maximum absolute atomic E-state index is 12.6. The van der Waals surface area contributed by atoms with Crippen molar-refractivity contribution in [2.75, 3.05) is 6.54 Å². The van der Waals surface area contributed by atoms with Crippen molar-refractivity contribution < 1.29 is 9.32 Å². The van der Waals surface area contributed by atoms with Crippen LogP contribution in [0.2, 0.25) is 0 Å². The number of nitrogens with zero attached hydrogens (tertiary/aromatic N) is 2. The molecule has 1 amide bonds. The highest BCUT2D eigenvalue weighted by Gasteiger charge is 2.32. The lowest BCUT2D eigenvalue weighted by Crippen LogP contribution is -2.49. The lowest BCUT2D eigenvalue weighted by Gasteiger charge is -2.37. The zero-order valence-electron chi connectivity index (χ0n) is 12.1. The van der Waals surface area contributed by atoms with Crippen LogP contribution in [0.15, 0.2) is 4.52 Å². The Labute approximate surface area is 114 Å². The fourth-order valence-corrected chi connectivity index (χ4v) is 3.02. The van der Waals surface area contributed by atoms with E-state index in [2.05, 4.69) is 12.1 Å². The van der Waals surface area contributed by atoms with Crippen molar-refractivity contribution in [3.8, 4) is 0 Å². The van der Waals surface area contributed by atoms with Gasteiger partial charge in [-0.15, -0.1) is 0 Å². The van der Waals surface area contributed by atoms with Gasteiger partial charge in [0, 0.05) is 24.2 Å². The lowest BCUT2D eigenvalue weighted by atomic mass is 9.93. The van der Waals surface area contributed by atoms with Crippen LogP contribution >= 0.6 is 0 Å². The molecular formula is C14H23N3O2. The predicted octanol–water partition coefficient (Wildman–Crippen LogP) is 1.73. The molecule has 5 heteroatoms. The fourth-order valence-electron chi connectivity index (χ4n) is 3.02. The number of aromatic nitrogens is 1. The molecule has 0 aromatic carbocycles. The number of likely N-dealkylation sites (tertiary alicyclic amines) is 1. The number of nitrogens with two attached hydrogens (primary N) is 1. The monoisotopic (exact) mass is 265 g/mol. The maximum atomic E-state index is 12.6. The highest BCUT2D eigenvalue weighted by atomic mass is 16.5. The molecule has 19 heavy (non-hydrogen) atoms. The van der Waals surface area contributed by atoms with Crippen molar-refractivity contribution in [2.24, 2.45) is 5.73 Å². The molecule has 0 spiro atoms. The van der Waals surface area contributed by atoms with E-state index in [1.807, 2.05) is 25.7 Å². The third-order valence-corrected chi connectivity index (χ3v) is 4.09. The highest BCUT2D eigenvalue weighted by molar-refractivity contribution is 5.84. The number of aryl methyl sites for hydroxylation is 2. The number of amides is 1. The highest BCUT2D eigenvalue weighted by Crippen LogP contribution is 2.27. The second-order valence-electron chi connectivity index (χ2n) is 5.62. The molecule has 1 saturated heterocycles. The van der Waals surface area contributed by atoms with Crippen molar-refractivity contribution in [3.63, 3.8) is 0 Å². The van der Waals surface area contributed by atoms with Gasteiger partial charge < -0.3 is 15.2 Å². The first kappa shape index (κ1) is 14.1. The van der Waals surface area contributed by atoms with Crippen LogP contribution in [0.5, 0.6) is 0 Å². The molecule has 2 heterocycles. The molecule has 2 rings (SSSR count). The summed E-state index contributed by atoms with van der Waals surface area (Å²) in [5.41, 5.74) is 7.67.